The fourth-order valence-electron chi connectivity index (χ4n) is 16.3. The molecule has 1 saturated carbocycles. The van der Waals surface area contributed by atoms with Crippen molar-refractivity contribution in [3.8, 4) is 11.1 Å². The minimum Gasteiger partial charge on any atom is -0.334 e. The van der Waals surface area contributed by atoms with Crippen LogP contribution in [0, 0.1) is 10.8 Å². The average molecular weight is 1060 g/mol. The zero-order chi connectivity index (χ0) is 55.4. The summed E-state index contributed by atoms with van der Waals surface area (Å²) in [5, 5.41) is 0. The second-order valence-corrected chi connectivity index (χ2v) is 27.9. The Morgan fingerprint density at radius 3 is 1.72 bits per heavy atom. The van der Waals surface area contributed by atoms with E-state index in [4.69, 9.17) is 0 Å². The molecule has 0 N–H and O–H groups in total. The molecular weight excluding hydrogens is 980 g/mol. The zero-order valence-electron chi connectivity index (χ0n) is 49.0. The van der Waals surface area contributed by atoms with Crippen LogP contribution in [0.1, 0.15) is 121 Å². The average Bonchev–Trinajstić information content (AvgIpc) is 2.79. The Morgan fingerprint density at radius 2 is 1.02 bits per heavy atom. The number of nitrogens with zero attached hydrogens (tertiary/aromatic N) is 4. The number of para-hydroxylation sites is 3. The highest BCUT2D eigenvalue weighted by Gasteiger charge is 2.58. The van der Waals surface area contributed by atoms with Gasteiger partial charge in [-0.1, -0.05) is 171 Å². The third-order valence-electron chi connectivity index (χ3n) is 20.2. The van der Waals surface area contributed by atoms with E-state index in [1.807, 2.05) is 0 Å². The van der Waals surface area contributed by atoms with E-state index >= 15 is 0 Å². The third kappa shape index (κ3) is 7.77. The Hall–Kier alpha value is -7.76. The lowest BCUT2D eigenvalue weighted by Crippen LogP contribution is -2.61. The largest absolute Gasteiger partial charge is 0.334 e. The maximum absolute atomic E-state index is 2.84. The molecule has 0 bridgehead atoms. The molecule has 0 saturated heterocycles. The van der Waals surface area contributed by atoms with Gasteiger partial charge in [0, 0.05) is 67.9 Å². The van der Waals surface area contributed by atoms with Gasteiger partial charge in [-0.25, -0.2) is 0 Å². The van der Waals surface area contributed by atoms with E-state index in [9.17, 15) is 0 Å². The molecule has 3 heterocycles. The van der Waals surface area contributed by atoms with Gasteiger partial charge >= 0.3 is 0 Å². The number of hydrogen-bond donors (Lipinski definition) is 0. The van der Waals surface area contributed by atoms with Gasteiger partial charge in [0.2, 0.25) is 0 Å². The Balaban J connectivity index is 1.03. The Bertz CT molecular complexity index is 3960. The monoisotopic (exact) mass is 1050 g/mol. The maximum atomic E-state index is 2.84. The lowest BCUT2D eigenvalue weighted by atomic mass is 9.33. The van der Waals surface area contributed by atoms with E-state index in [2.05, 4.69) is 276 Å². The van der Waals surface area contributed by atoms with Crippen molar-refractivity contribution in [2.45, 2.75) is 130 Å². The quantitative estimate of drug-likeness (QED) is 0.147. The predicted molar refractivity (Wildman–Crippen MR) is 344 cm³/mol. The second-order valence-electron chi connectivity index (χ2n) is 27.9. The van der Waals surface area contributed by atoms with Crippen LogP contribution in [-0.2, 0) is 36.5 Å². The fraction of sp³-hybridized carbons (Fsp3) is 0.289. The van der Waals surface area contributed by atoms with Gasteiger partial charge < -0.3 is 19.6 Å². The smallest absolute Gasteiger partial charge is 0.252 e. The van der Waals surface area contributed by atoms with Gasteiger partial charge in [0.1, 0.15) is 0 Å². The molecule has 2 unspecified atom stereocenters. The molecule has 0 spiro atoms. The summed E-state index contributed by atoms with van der Waals surface area (Å²) < 4.78 is 0. The predicted octanol–water partition coefficient (Wildman–Crippen LogP) is 18.2. The highest BCUT2D eigenvalue weighted by Crippen LogP contribution is 2.63. The Labute approximate surface area is 482 Å². The summed E-state index contributed by atoms with van der Waals surface area (Å²) in [7, 11) is 0. The Morgan fingerprint density at radius 1 is 0.432 bits per heavy atom. The van der Waals surface area contributed by atoms with Crippen molar-refractivity contribution in [3.63, 3.8) is 0 Å². The van der Waals surface area contributed by atoms with Crippen LogP contribution < -0.4 is 36.0 Å². The molecule has 1 fully saturated rings. The molecule has 402 valence electrons. The van der Waals surface area contributed by atoms with E-state index in [1.54, 1.807) is 0 Å². The van der Waals surface area contributed by atoms with Crippen molar-refractivity contribution < 1.29 is 0 Å². The molecule has 2 atom stereocenters. The van der Waals surface area contributed by atoms with Gasteiger partial charge in [-0.05, 0) is 208 Å². The topological polar surface area (TPSA) is 13.0 Å². The van der Waals surface area contributed by atoms with Crippen LogP contribution in [0.5, 0.6) is 0 Å². The Kier molecular flexibility index (Phi) is 11.1. The van der Waals surface area contributed by atoms with Crippen molar-refractivity contribution >= 4 is 85.7 Å². The SMILES string of the molecule is CC1(C)Cc2ccc(N3c4cc5c(cc4B4c6ccccc6N(c6ccc(C(C)(C)C)cc6-c6ccccc6)c6cc(N7c8ccc(N(c9ccccc9)c9ccccc9)cc8C8(C)CCCCC78C)cc3c64)CC(C)(C)C5)cc2C1. The molecule has 3 aliphatic heterocycles. The van der Waals surface area contributed by atoms with Gasteiger partial charge in [-0.15, -0.1) is 0 Å². The third-order valence-corrected chi connectivity index (χ3v) is 20.2. The summed E-state index contributed by atoms with van der Waals surface area (Å²) in [5.41, 5.74) is 29.1. The molecule has 3 aliphatic carbocycles. The normalized spacial score (nSPS) is 20.5. The number of hydrogen-bond acceptors (Lipinski definition) is 4. The van der Waals surface area contributed by atoms with Crippen molar-refractivity contribution in [2.24, 2.45) is 10.8 Å². The highest BCUT2D eigenvalue weighted by molar-refractivity contribution is 7.00. The molecule has 0 amide bonds. The van der Waals surface area contributed by atoms with Gasteiger partial charge in [0.25, 0.3) is 6.71 Å². The number of rotatable bonds is 7. The molecule has 9 aromatic carbocycles. The molecule has 15 rings (SSSR count). The van der Waals surface area contributed by atoms with E-state index in [1.165, 1.54) is 125 Å². The first-order valence-electron chi connectivity index (χ1n) is 30.2. The molecule has 9 aromatic rings. The van der Waals surface area contributed by atoms with Crippen LogP contribution in [0.25, 0.3) is 11.1 Å². The zero-order valence-corrected chi connectivity index (χ0v) is 49.0. The fourth-order valence-corrected chi connectivity index (χ4v) is 16.3. The molecule has 4 nitrogen and oxygen atoms in total. The van der Waals surface area contributed by atoms with E-state index in [-0.39, 0.29) is 33.9 Å². The molecule has 6 aliphatic rings. The summed E-state index contributed by atoms with van der Waals surface area (Å²) in [6, 6.07) is 75.4. The van der Waals surface area contributed by atoms with Crippen molar-refractivity contribution in [1.29, 1.82) is 0 Å². The summed E-state index contributed by atoms with van der Waals surface area (Å²) in [5.74, 6) is 0. The summed E-state index contributed by atoms with van der Waals surface area (Å²) >= 11 is 0. The minimum atomic E-state index is -0.221. The molecule has 0 aromatic heterocycles. The second kappa shape index (κ2) is 17.9. The molecule has 5 heteroatoms. The van der Waals surface area contributed by atoms with E-state index in [0.717, 1.165) is 49.9 Å². The lowest BCUT2D eigenvalue weighted by molar-refractivity contribution is 0.195. The number of fused-ring (bicyclic) bond motifs is 9. The maximum Gasteiger partial charge on any atom is 0.252 e. The number of benzene rings is 9. The molecule has 0 radical (unpaired) electrons. The van der Waals surface area contributed by atoms with Gasteiger partial charge in [0.15, 0.2) is 0 Å². The van der Waals surface area contributed by atoms with Crippen LogP contribution >= 0.6 is 0 Å². The summed E-state index contributed by atoms with van der Waals surface area (Å²) in [6.07, 6.45) is 8.98. The van der Waals surface area contributed by atoms with Crippen LogP contribution in [0.3, 0.4) is 0 Å². The first-order chi connectivity index (χ1) is 39.0. The molecular formula is C76H75BN4. The van der Waals surface area contributed by atoms with Crippen LogP contribution in [0.15, 0.2) is 194 Å². The highest BCUT2D eigenvalue weighted by atomic mass is 15.3. The summed E-state index contributed by atoms with van der Waals surface area (Å²) in [6.45, 7) is 22.1. The van der Waals surface area contributed by atoms with Gasteiger partial charge in [-0.3, -0.25) is 0 Å². The van der Waals surface area contributed by atoms with Crippen LogP contribution in [0.2, 0.25) is 0 Å². The van der Waals surface area contributed by atoms with Gasteiger partial charge in [0.05, 0.1) is 11.2 Å². The van der Waals surface area contributed by atoms with Gasteiger partial charge in [-0.2, -0.15) is 0 Å². The molecule has 81 heavy (non-hydrogen) atoms. The van der Waals surface area contributed by atoms with Crippen LogP contribution in [-0.4, -0.2) is 12.3 Å². The number of anilines is 11. The van der Waals surface area contributed by atoms with Crippen molar-refractivity contribution in [1.82, 2.24) is 0 Å². The summed E-state index contributed by atoms with van der Waals surface area (Å²) in [4.78, 5) is 10.7. The van der Waals surface area contributed by atoms with Crippen molar-refractivity contribution in [2.75, 3.05) is 19.6 Å². The lowest BCUT2D eigenvalue weighted by Gasteiger charge is -2.51. The first-order valence-corrected chi connectivity index (χ1v) is 30.2. The van der Waals surface area contributed by atoms with E-state index in [0.29, 0.717) is 0 Å². The van der Waals surface area contributed by atoms with Crippen LogP contribution in [0.4, 0.5) is 62.6 Å². The minimum absolute atomic E-state index is 0.0186. The van der Waals surface area contributed by atoms with Crippen molar-refractivity contribution in [3.05, 3.63) is 228 Å². The first kappa shape index (κ1) is 50.2. The van der Waals surface area contributed by atoms with E-state index < -0.39 is 0 Å². The standard InChI is InChI=1S/C76H75BN4/c1-72(2,3)55-32-35-65(61(42-55)50-23-13-10-14-24-50)80-67-30-20-19-29-63(67)77-64-40-53-48-74(6,7)49-54(53)41-68(64)79(58-33-31-51-46-73(4,5)47-52(51)39-58)69-44-60(45-70(80)71(69)77)81-66-36-34-59(43-62(66)75(8)37-21-22-38-76(75,81)9)78(56-25-15-11-16-26-56)57-27-17-12-18-28-57/h10-20,23-36,39-45H,21-22,37-38,46-49H2,1-9H3.